The minimum absolute atomic E-state index is 0.122. The van der Waals surface area contributed by atoms with Crippen LogP contribution in [0.1, 0.15) is 26.7 Å². The van der Waals surface area contributed by atoms with Gasteiger partial charge in [-0.05, 0) is 31.5 Å². The van der Waals surface area contributed by atoms with Gasteiger partial charge in [-0.25, -0.2) is 0 Å². The molecule has 140 valence electrons. The molecule has 2 rings (SSSR count). The highest BCUT2D eigenvalue weighted by Crippen LogP contribution is 2.13. The lowest BCUT2D eigenvalue weighted by Crippen LogP contribution is -2.54. The van der Waals surface area contributed by atoms with E-state index in [9.17, 15) is 4.79 Å². The molecular formula is C20H33N3O2. The second kappa shape index (κ2) is 10.4. The first-order chi connectivity index (χ1) is 12.1. The lowest BCUT2D eigenvalue weighted by molar-refractivity contribution is -0.121. The summed E-state index contributed by atoms with van der Waals surface area (Å²) in [5, 5.41) is 3.12. The Morgan fingerprint density at radius 3 is 2.48 bits per heavy atom. The molecule has 1 aromatic rings. The molecule has 1 unspecified atom stereocenters. The summed E-state index contributed by atoms with van der Waals surface area (Å²) in [6, 6.07) is 10.1. The van der Waals surface area contributed by atoms with Gasteiger partial charge >= 0.3 is 0 Å². The molecule has 0 aromatic heterocycles. The summed E-state index contributed by atoms with van der Waals surface area (Å²) in [5.41, 5.74) is 0. The summed E-state index contributed by atoms with van der Waals surface area (Å²) < 4.78 is 5.63. The molecule has 5 heteroatoms. The normalized spacial score (nSPS) is 17.4. The Kier molecular flexibility index (Phi) is 8.22. The van der Waals surface area contributed by atoms with E-state index in [4.69, 9.17) is 4.74 Å². The van der Waals surface area contributed by atoms with E-state index in [1.165, 1.54) is 0 Å². The van der Waals surface area contributed by atoms with E-state index in [1.807, 2.05) is 30.3 Å². The molecule has 0 bridgehead atoms. The van der Waals surface area contributed by atoms with Gasteiger partial charge in [0.25, 0.3) is 0 Å². The van der Waals surface area contributed by atoms with Crippen molar-refractivity contribution in [1.29, 1.82) is 0 Å². The van der Waals surface area contributed by atoms with Gasteiger partial charge in [-0.2, -0.15) is 0 Å². The zero-order valence-electron chi connectivity index (χ0n) is 15.9. The molecule has 0 radical (unpaired) electrons. The third kappa shape index (κ3) is 7.04. The molecule has 1 heterocycles. The van der Waals surface area contributed by atoms with Gasteiger partial charge in [0.1, 0.15) is 5.75 Å². The molecule has 1 fully saturated rings. The second-order valence-corrected chi connectivity index (χ2v) is 7.22. The number of nitrogens with one attached hydrogen (secondary N) is 1. The molecule has 1 amide bonds. The van der Waals surface area contributed by atoms with Crippen molar-refractivity contribution in [2.75, 3.05) is 46.4 Å². The highest BCUT2D eigenvalue weighted by atomic mass is 16.5. The van der Waals surface area contributed by atoms with Gasteiger partial charge in [0.05, 0.1) is 6.61 Å². The van der Waals surface area contributed by atoms with Crippen LogP contribution in [0.5, 0.6) is 5.75 Å². The number of benzene rings is 1. The van der Waals surface area contributed by atoms with Crippen LogP contribution in [0.3, 0.4) is 0 Å². The second-order valence-electron chi connectivity index (χ2n) is 7.22. The van der Waals surface area contributed by atoms with Crippen molar-refractivity contribution in [2.45, 2.75) is 32.7 Å². The fourth-order valence-corrected chi connectivity index (χ4v) is 3.19. The predicted molar refractivity (Wildman–Crippen MR) is 102 cm³/mol. The number of carbonyl (C=O) groups excluding carboxylic acids is 1. The first kappa shape index (κ1) is 19.7. The van der Waals surface area contributed by atoms with E-state index in [2.05, 4.69) is 36.0 Å². The molecular weight excluding hydrogens is 314 g/mol. The van der Waals surface area contributed by atoms with Gasteiger partial charge in [-0.3, -0.25) is 9.69 Å². The van der Waals surface area contributed by atoms with E-state index in [1.54, 1.807) is 0 Å². The lowest BCUT2D eigenvalue weighted by Gasteiger charge is -2.39. The van der Waals surface area contributed by atoms with E-state index in [0.29, 0.717) is 25.0 Å². The maximum absolute atomic E-state index is 12.1. The zero-order valence-corrected chi connectivity index (χ0v) is 15.9. The van der Waals surface area contributed by atoms with Crippen LogP contribution in [-0.4, -0.2) is 68.1 Å². The Labute approximate surface area is 152 Å². The van der Waals surface area contributed by atoms with Crippen molar-refractivity contribution in [3.63, 3.8) is 0 Å². The van der Waals surface area contributed by atoms with Crippen LogP contribution in [0.15, 0.2) is 30.3 Å². The zero-order chi connectivity index (χ0) is 18.1. The Hall–Kier alpha value is -1.59. The predicted octanol–water partition coefficient (Wildman–Crippen LogP) is 2.23. The Morgan fingerprint density at radius 1 is 1.16 bits per heavy atom. The number of piperazine rings is 1. The number of hydrogen-bond donors (Lipinski definition) is 1. The van der Waals surface area contributed by atoms with E-state index in [-0.39, 0.29) is 5.91 Å². The number of ether oxygens (including phenoxy) is 1. The Balaban J connectivity index is 1.65. The maximum atomic E-state index is 12.1. The molecule has 5 nitrogen and oxygen atoms in total. The first-order valence-corrected chi connectivity index (χ1v) is 9.43. The number of nitrogens with zero attached hydrogens (tertiary/aromatic N) is 2. The van der Waals surface area contributed by atoms with Crippen LogP contribution < -0.4 is 10.1 Å². The van der Waals surface area contributed by atoms with Gasteiger partial charge in [-0.15, -0.1) is 0 Å². The molecule has 1 saturated heterocycles. The largest absolute Gasteiger partial charge is 0.494 e. The number of amides is 1. The van der Waals surface area contributed by atoms with Crippen LogP contribution >= 0.6 is 0 Å². The van der Waals surface area contributed by atoms with Crippen molar-refractivity contribution in [2.24, 2.45) is 5.92 Å². The van der Waals surface area contributed by atoms with Crippen LogP contribution in [0.4, 0.5) is 0 Å². The number of para-hydroxylation sites is 1. The number of hydrogen-bond acceptors (Lipinski definition) is 4. The summed E-state index contributed by atoms with van der Waals surface area (Å²) in [7, 11) is 2.17. The van der Waals surface area contributed by atoms with Crippen LogP contribution in [0, 0.1) is 5.92 Å². The minimum atomic E-state index is 0.122. The Bertz CT molecular complexity index is 499. The molecule has 0 aliphatic carbocycles. The standard InChI is InChI=1S/C20H33N3O2/c1-17(2)19(23-13-11-22(3)12-14-23)16-21-20(24)10-7-15-25-18-8-5-4-6-9-18/h4-6,8-9,17,19H,7,10-16H2,1-3H3,(H,21,24). The number of likely N-dealkylation sites (N-methyl/N-ethyl adjacent to an activating group) is 1. The molecule has 25 heavy (non-hydrogen) atoms. The van der Waals surface area contributed by atoms with Crippen molar-refractivity contribution in [3.05, 3.63) is 30.3 Å². The van der Waals surface area contributed by atoms with Gasteiger partial charge in [0.15, 0.2) is 0 Å². The smallest absolute Gasteiger partial charge is 0.220 e. The number of carbonyl (C=O) groups is 1. The van der Waals surface area contributed by atoms with Crippen LogP contribution in [-0.2, 0) is 4.79 Å². The molecule has 1 aromatic carbocycles. The van der Waals surface area contributed by atoms with Crippen LogP contribution in [0.2, 0.25) is 0 Å². The van der Waals surface area contributed by atoms with Crippen LogP contribution in [0.25, 0.3) is 0 Å². The molecule has 1 aliphatic heterocycles. The molecule has 1 aliphatic rings. The van der Waals surface area contributed by atoms with Gasteiger partial charge in [0, 0.05) is 45.2 Å². The highest BCUT2D eigenvalue weighted by molar-refractivity contribution is 5.75. The SMILES string of the molecule is CC(C)C(CNC(=O)CCCOc1ccccc1)N1CCN(C)CC1. The van der Waals surface area contributed by atoms with Gasteiger partial charge < -0.3 is 15.0 Å². The summed E-state index contributed by atoms with van der Waals surface area (Å²) in [4.78, 5) is 17.0. The minimum Gasteiger partial charge on any atom is -0.494 e. The summed E-state index contributed by atoms with van der Waals surface area (Å²) in [5.74, 6) is 1.51. The Morgan fingerprint density at radius 2 is 1.84 bits per heavy atom. The van der Waals surface area contributed by atoms with E-state index in [0.717, 1.165) is 44.9 Å². The molecule has 0 spiro atoms. The van der Waals surface area contributed by atoms with Crippen molar-refractivity contribution in [3.8, 4) is 5.75 Å². The first-order valence-electron chi connectivity index (χ1n) is 9.43. The fraction of sp³-hybridized carbons (Fsp3) is 0.650. The number of rotatable bonds is 9. The molecule has 1 atom stereocenters. The quantitative estimate of drug-likeness (QED) is 0.696. The fourth-order valence-electron chi connectivity index (χ4n) is 3.19. The topological polar surface area (TPSA) is 44.8 Å². The average Bonchev–Trinajstić information content (AvgIpc) is 2.61. The molecule has 0 saturated carbocycles. The average molecular weight is 348 g/mol. The van der Waals surface area contributed by atoms with Crippen molar-refractivity contribution >= 4 is 5.91 Å². The monoisotopic (exact) mass is 347 g/mol. The highest BCUT2D eigenvalue weighted by Gasteiger charge is 2.25. The van der Waals surface area contributed by atoms with E-state index >= 15 is 0 Å². The third-order valence-electron chi connectivity index (χ3n) is 4.84. The third-order valence-corrected chi connectivity index (χ3v) is 4.84. The molecule has 1 N–H and O–H groups in total. The van der Waals surface area contributed by atoms with Crippen molar-refractivity contribution in [1.82, 2.24) is 15.1 Å². The summed E-state index contributed by atoms with van der Waals surface area (Å²) in [6.07, 6.45) is 1.25. The van der Waals surface area contributed by atoms with E-state index < -0.39 is 0 Å². The summed E-state index contributed by atoms with van der Waals surface area (Å²) in [6.45, 7) is 10.2. The van der Waals surface area contributed by atoms with Crippen molar-refractivity contribution < 1.29 is 9.53 Å². The summed E-state index contributed by atoms with van der Waals surface area (Å²) >= 11 is 0. The van der Waals surface area contributed by atoms with Gasteiger partial charge in [0.2, 0.25) is 5.91 Å². The maximum Gasteiger partial charge on any atom is 0.220 e. The lowest BCUT2D eigenvalue weighted by atomic mass is 10.0. The van der Waals surface area contributed by atoms with Gasteiger partial charge in [-0.1, -0.05) is 32.0 Å².